The second-order valence-corrected chi connectivity index (χ2v) is 9.83. The fraction of sp³-hybridized carbons (Fsp3) is 0.882. The monoisotopic (exact) mass is 387 g/mol. The SMILES string of the molecule is CN=C(NCC(C)(C)NS(C)(=O)=O)NC1CCN(C(=O)C2CCCC2)C1. The van der Waals surface area contributed by atoms with Crippen molar-refractivity contribution in [3.63, 3.8) is 0 Å². The Bertz CT molecular complexity index is 626. The Hall–Kier alpha value is -1.35. The highest BCUT2D eigenvalue weighted by Crippen LogP contribution is 2.27. The van der Waals surface area contributed by atoms with Crippen molar-refractivity contribution in [3.05, 3.63) is 0 Å². The molecule has 2 fully saturated rings. The van der Waals surface area contributed by atoms with Crippen molar-refractivity contribution in [2.24, 2.45) is 10.9 Å². The van der Waals surface area contributed by atoms with Crippen molar-refractivity contribution in [2.75, 3.05) is 32.9 Å². The van der Waals surface area contributed by atoms with Crippen LogP contribution >= 0.6 is 0 Å². The highest BCUT2D eigenvalue weighted by Gasteiger charge is 2.32. The molecule has 150 valence electrons. The number of sulfonamides is 1. The van der Waals surface area contributed by atoms with Gasteiger partial charge in [0.2, 0.25) is 15.9 Å². The molecule has 0 bridgehead atoms. The quantitative estimate of drug-likeness (QED) is 0.448. The van der Waals surface area contributed by atoms with Crippen molar-refractivity contribution < 1.29 is 13.2 Å². The summed E-state index contributed by atoms with van der Waals surface area (Å²) >= 11 is 0. The first kappa shape index (κ1) is 21.0. The molecule has 26 heavy (non-hydrogen) atoms. The zero-order chi connectivity index (χ0) is 19.4. The summed E-state index contributed by atoms with van der Waals surface area (Å²) in [7, 11) is -1.60. The third kappa shape index (κ3) is 6.42. The van der Waals surface area contributed by atoms with Gasteiger partial charge < -0.3 is 15.5 Å². The molecule has 1 saturated heterocycles. The highest BCUT2D eigenvalue weighted by molar-refractivity contribution is 7.88. The third-order valence-electron chi connectivity index (χ3n) is 4.93. The second kappa shape index (κ2) is 8.56. The normalized spacial score (nSPS) is 22.7. The Morgan fingerprint density at radius 1 is 1.23 bits per heavy atom. The summed E-state index contributed by atoms with van der Waals surface area (Å²) in [5, 5.41) is 6.51. The average Bonchev–Trinajstić information content (AvgIpc) is 3.20. The van der Waals surface area contributed by atoms with Crippen molar-refractivity contribution in [2.45, 2.75) is 57.5 Å². The highest BCUT2D eigenvalue weighted by atomic mass is 32.2. The molecule has 1 saturated carbocycles. The van der Waals surface area contributed by atoms with Gasteiger partial charge in [-0.25, -0.2) is 13.1 Å². The largest absolute Gasteiger partial charge is 0.355 e. The molecular weight excluding hydrogens is 354 g/mol. The number of likely N-dealkylation sites (tertiary alicyclic amines) is 1. The molecule has 1 aliphatic heterocycles. The molecule has 1 atom stereocenters. The standard InChI is InChI=1S/C17H33N5O3S/c1-17(2,21-26(4,24)25)12-19-16(18-3)20-14-9-10-22(11-14)15(23)13-7-5-6-8-13/h13-14,21H,5-12H2,1-4H3,(H2,18,19,20). The van der Waals surface area contributed by atoms with Gasteiger partial charge in [0.15, 0.2) is 5.96 Å². The van der Waals surface area contributed by atoms with Crippen molar-refractivity contribution in [1.82, 2.24) is 20.3 Å². The summed E-state index contributed by atoms with van der Waals surface area (Å²) in [5.41, 5.74) is -0.634. The van der Waals surface area contributed by atoms with Crippen LogP contribution < -0.4 is 15.4 Å². The number of carbonyl (C=O) groups excluding carboxylic acids is 1. The topological polar surface area (TPSA) is 103 Å². The summed E-state index contributed by atoms with van der Waals surface area (Å²) in [5.74, 6) is 1.14. The number of hydrogen-bond acceptors (Lipinski definition) is 4. The van der Waals surface area contributed by atoms with E-state index in [2.05, 4.69) is 20.3 Å². The Balaban J connectivity index is 1.80. The molecular formula is C17H33N5O3S. The van der Waals surface area contributed by atoms with E-state index in [-0.39, 0.29) is 12.0 Å². The maximum atomic E-state index is 12.5. The van der Waals surface area contributed by atoms with Gasteiger partial charge in [0.25, 0.3) is 0 Å². The number of rotatable bonds is 6. The average molecular weight is 388 g/mol. The van der Waals surface area contributed by atoms with Crippen LogP contribution in [0.5, 0.6) is 0 Å². The van der Waals surface area contributed by atoms with E-state index in [4.69, 9.17) is 0 Å². The van der Waals surface area contributed by atoms with Gasteiger partial charge in [-0.1, -0.05) is 12.8 Å². The van der Waals surface area contributed by atoms with Crippen LogP contribution in [0.3, 0.4) is 0 Å². The van der Waals surface area contributed by atoms with E-state index in [0.29, 0.717) is 25.0 Å². The molecule has 1 heterocycles. The van der Waals surface area contributed by atoms with E-state index >= 15 is 0 Å². The van der Waals surface area contributed by atoms with Crippen molar-refractivity contribution >= 4 is 21.9 Å². The zero-order valence-corrected chi connectivity index (χ0v) is 17.2. The van der Waals surface area contributed by atoms with Crippen LogP contribution in [0.15, 0.2) is 4.99 Å². The summed E-state index contributed by atoms with van der Waals surface area (Å²) in [6.07, 6.45) is 6.43. The molecule has 9 heteroatoms. The summed E-state index contributed by atoms with van der Waals surface area (Å²) < 4.78 is 25.4. The van der Waals surface area contributed by atoms with E-state index in [1.54, 1.807) is 7.05 Å². The molecule has 0 aromatic carbocycles. The first-order chi connectivity index (χ1) is 12.1. The lowest BCUT2D eigenvalue weighted by atomic mass is 10.1. The van der Waals surface area contributed by atoms with Gasteiger partial charge in [-0.3, -0.25) is 9.79 Å². The minimum Gasteiger partial charge on any atom is -0.355 e. The summed E-state index contributed by atoms with van der Waals surface area (Å²) in [6, 6.07) is 0.164. The maximum Gasteiger partial charge on any atom is 0.225 e. The van der Waals surface area contributed by atoms with E-state index in [9.17, 15) is 13.2 Å². The Labute approximate surface area is 157 Å². The van der Waals surface area contributed by atoms with Gasteiger partial charge in [0, 0.05) is 44.2 Å². The van der Waals surface area contributed by atoms with Gasteiger partial charge in [-0.2, -0.15) is 0 Å². The summed E-state index contributed by atoms with van der Waals surface area (Å²) in [4.78, 5) is 18.7. The number of nitrogens with zero attached hydrogens (tertiary/aromatic N) is 2. The maximum absolute atomic E-state index is 12.5. The van der Waals surface area contributed by atoms with E-state index in [0.717, 1.165) is 32.1 Å². The van der Waals surface area contributed by atoms with Gasteiger partial charge in [-0.15, -0.1) is 0 Å². The smallest absolute Gasteiger partial charge is 0.225 e. The molecule has 2 aliphatic rings. The molecule has 0 radical (unpaired) electrons. The molecule has 0 aromatic rings. The van der Waals surface area contributed by atoms with Crippen LogP contribution in [-0.4, -0.2) is 69.7 Å². The summed E-state index contributed by atoms with van der Waals surface area (Å²) in [6.45, 7) is 5.50. The van der Waals surface area contributed by atoms with Gasteiger partial charge in [0.1, 0.15) is 0 Å². The Kier molecular flexibility index (Phi) is 6.90. The lowest BCUT2D eigenvalue weighted by molar-refractivity contribution is -0.134. The van der Waals surface area contributed by atoms with Gasteiger partial charge >= 0.3 is 0 Å². The third-order valence-corrected chi connectivity index (χ3v) is 5.85. The number of guanidine groups is 1. The number of carbonyl (C=O) groups is 1. The van der Waals surface area contributed by atoms with Crippen LogP contribution in [0.1, 0.15) is 46.0 Å². The van der Waals surface area contributed by atoms with Crippen LogP contribution in [0.4, 0.5) is 0 Å². The van der Waals surface area contributed by atoms with Crippen LogP contribution in [0.25, 0.3) is 0 Å². The fourth-order valence-electron chi connectivity index (χ4n) is 3.74. The van der Waals surface area contributed by atoms with Crippen molar-refractivity contribution in [1.29, 1.82) is 0 Å². The molecule has 2 rings (SSSR count). The molecule has 1 aliphatic carbocycles. The van der Waals surface area contributed by atoms with E-state index in [1.165, 1.54) is 12.8 Å². The number of aliphatic imine (C=N–C) groups is 1. The molecule has 1 amide bonds. The molecule has 0 aromatic heterocycles. The number of nitrogens with one attached hydrogen (secondary N) is 3. The fourth-order valence-corrected chi connectivity index (χ4v) is 4.82. The van der Waals surface area contributed by atoms with E-state index < -0.39 is 15.6 Å². The number of amides is 1. The first-order valence-corrected chi connectivity index (χ1v) is 11.2. The minimum atomic E-state index is -3.28. The molecule has 0 spiro atoms. The second-order valence-electron chi connectivity index (χ2n) is 8.08. The Morgan fingerprint density at radius 3 is 2.46 bits per heavy atom. The lowest BCUT2D eigenvalue weighted by Crippen LogP contribution is -2.54. The molecule has 3 N–H and O–H groups in total. The van der Waals surface area contributed by atoms with Crippen LogP contribution in [0.2, 0.25) is 0 Å². The van der Waals surface area contributed by atoms with Gasteiger partial charge in [-0.05, 0) is 33.1 Å². The molecule has 1 unspecified atom stereocenters. The molecule has 8 nitrogen and oxygen atoms in total. The van der Waals surface area contributed by atoms with E-state index in [1.807, 2.05) is 18.7 Å². The van der Waals surface area contributed by atoms with Crippen molar-refractivity contribution in [3.8, 4) is 0 Å². The van der Waals surface area contributed by atoms with Crippen LogP contribution in [0, 0.1) is 5.92 Å². The van der Waals surface area contributed by atoms with Gasteiger partial charge in [0.05, 0.1) is 6.26 Å². The minimum absolute atomic E-state index is 0.164. The lowest BCUT2D eigenvalue weighted by Gasteiger charge is -2.27. The predicted molar refractivity (Wildman–Crippen MR) is 103 cm³/mol. The van der Waals surface area contributed by atoms with Crippen LogP contribution in [-0.2, 0) is 14.8 Å². The Morgan fingerprint density at radius 2 is 1.88 bits per heavy atom. The number of hydrogen-bond donors (Lipinski definition) is 3. The predicted octanol–water partition coefficient (Wildman–Crippen LogP) is 0.270. The zero-order valence-electron chi connectivity index (χ0n) is 16.3. The first-order valence-electron chi connectivity index (χ1n) is 9.34.